The molecule has 2 rings (SSSR count). The summed E-state index contributed by atoms with van der Waals surface area (Å²) in [4.78, 5) is 32.1. The lowest BCUT2D eigenvalue weighted by atomic mass is 10.2. The molecule has 0 aromatic heterocycles. The molecule has 1 atom stereocenters. The van der Waals surface area contributed by atoms with E-state index in [-0.39, 0.29) is 17.9 Å². The molecule has 0 saturated carbocycles. The van der Waals surface area contributed by atoms with Crippen molar-refractivity contribution < 1.29 is 29.1 Å². The second kappa shape index (κ2) is 4.92. The van der Waals surface area contributed by atoms with Crippen LogP contribution in [0.3, 0.4) is 0 Å². The van der Waals surface area contributed by atoms with Crippen molar-refractivity contribution in [2.24, 2.45) is 0 Å². The first-order chi connectivity index (χ1) is 8.99. The topological polar surface area (TPSA) is 116 Å². The highest BCUT2D eigenvalue weighted by molar-refractivity contribution is 5.89. The Morgan fingerprint density at radius 3 is 2.79 bits per heavy atom. The molecule has 1 N–H and O–H groups in total. The van der Waals surface area contributed by atoms with Crippen LogP contribution in [-0.2, 0) is 9.53 Å². The van der Waals surface area contributed by atoms with Gasteiger partial charge in [-0.05, 0) is 12.1 Å². The van der Waals surface area contributed by atoms with E-state index >= 15 is 0 Å². The SMILES string of the molecule is O=C(O)c1ccc(O[C@@H]2CCOC2=O)c([N+](=O)[O-])c1. The highest BCUT2D eigenvalue weighted by Crippen LogP contribution is 2.30. The van der Waals surface area contributed by atoms with E-state index in [0.29, 0.717) is 6.42 Å². The number of rotatable bonds is 4. The third-order valence-corrected chi connectivity index (χ3v) is 2.56. The number of aromatic carboxylic acids is 1. The molecule has 0 unspecified atom stereocenters. The molecule has 1 saturated heterocycles. The predicted octanol–water partition coefficient (Wildman–Crippen LogP) is 0.987. The van der Waals surface area contributed by atoms with Crippen LogP contribution in [0.1, 0.15) is 16.8 Å². The highest BCUT2D eigenvalue weighted by Gasteiger charge is 2.31. The van der Waals surface area contributed by atoms with E-state index in [2.05, 4.69) is 4.74 Å². The van der Waals surface area contributed by atoms with Crippen LogP contribution in [-0.4, -0.2) is 34.7 Å². The highest BCUT2D eigenvalue weighted by atomic mass is 16.6. The first-order valence-corrected chi connectivity index (χ1v) is 5.34. The van der Waals surface area contributed by atoms with Crippen LogP contribution in [0, 0.1) is 10.1 Å². The number of ether oxygens (including phenoxy) is 2. The van der Waals surface area contributed by atoms with Crippen LogP contribution < -0.4 is 4.74 Å². The van der Waals surface area contributed by atoms with Gasteiger partial charge in [-0.2, -0.15) is 0 Å². The number of carbonyl (C=O) groups excluding carboxylic acids is 1. The number of carbonyl (C=O) groups is 2. The Bertz CT molecular complexity index is 554. The molecule has 1 aromatic carbocycles. The Morgan fingerprint density at radius 2 is 2.26 bits per heavy atom. The average Bonchev–Trinajstić information content (AvgIpc) is 2.75. The summed E-state index contributed by atoms with van der Waals surface area (Å²) in [6.45, 7) is 0.199. The number of esters is 1. The summed E-state index contributed by atoms with van der Waals surface area (Å²) in [5, 5.41) is 19.6. The van der Waals surface area contributed by atoms with Crippen molar-refractivity contribution in [3.8, 4) is 5.75 Å². The molecule has 0 radical (unpaired) electrons. The van der Waals surface area contributed by atoms with Gasteiger partial charge in [-0.25, -0.2) is 9.59 Å². The molecule has 1 aromatic rings. The van der Waals surface area contributed by atoms with Crippen LogP contribution in [0.2, 0.25) is 0 Å². The molecule has 0 bridgehead atoms. The lowest BCUT2D eigenvalue weighted by Crippen LogP contribution is -2.22. The standard InChI is InChI=1S/C11H9NO7/c13-10(14)6-1-2-8(7(5-6)12(16)17)19-9-3-4-18-11(9)15/h1-2,5,9H,3-4H2,(H,13,14)/t9-/m1/s1. The van der Waals surface area contributed by atoms with Crippen molar-refractivity contribution in [1.29, 1.82) is 0 Å². The zero-order valence-corrected chi connectivity index (χ0v) is 9.57. The van der Waals surface area contributed by atoms with Gasteiger partial charge in [-0.15, -0.1) is 0 Å². The van der Waals surface area contributed by atoms with Gasteiger partial charge in [-0.3, -0.25) is 10.1 Å². The summed E-state index contributed by atoms with van der Waals surface area (Å²) in [6.07, 6.45) is -0.592. The minimum Gasteiger partial charge on any atom is -0.478 e. The fourth-order valence-electron chi connectivity index (χ4n) is 1.63. The molecular formula is C11H9NO7. The van der Waals surface area contributed by atoms with Gasteiger partial charge in [0.05, 0.1) is 17.1 Å². The minimum atomic E-state index is -1.28. The van der Waals surface area contributed by atoms with Crippen LogP contribution in [0.15, 0.2) is 18.2 Å². The van der Waals surface area contributed by atoms with E-state index in [4.69, 9.17) is 9.84 Å². The van der Waals surface area contributed by atoms with Crippen molar-refractivity contribution in [3.05, 3.63) is 33.9 Å². The smallest absolute Gasteiger partial charge is 0.347 e. The summed E-state index contributed by atoms with van der Waals surface area (Å²) in [5.74, 6) is -2.02. The Balaban J connectivity index is 2.31. The quantitative estimate of drug-likeness (QED) is 0.491. The lowest BCUT2D eigenvalue weighted by molar-refractivity contribution is -0.386. The van der Waals surface area contributed by atoms with Crippen molar-refractivity contribution in [1.82, 2.24) is 0 Å². The fourth-order valence-corrected chi connectivity index (χ4v) is 1.63. The number of hydrogen-bond donors (Lipinski definition) is 1. The first kappa shape index (κ1) is 12.8. The molecule has 0 amide bonds. The van der Waals surface area contributed by atoms with Gasteiger partial charge in [-0.1, -0.05) is 0 Å². The molecule has 100 valence electrons. The summed E-state index contributed by atoms with van der Waals surface area (Å²) >= 11 is 0. The van der Waals surface area contributed by atoms with E-state index < -0.39 is 28.7 Å². The maximum atomic E-state index is 11.2. The Hall–Kier alpha value is -2.64. The molecule has 8 nitrogen and oxygen atoms in total. The van der Waals surface area contributed by atoms with Gasteiger partial charge in [0, 0.05) is 12.5 Å². The molecule has 0 spiro atoms. The Morgan fingerprint density at radius 1 is 1.53 bits per heavy atom. The maximum absolute atomic E-state index is 11.2. The predicted molar refractivity (Wildman–Crippen MR) is 60.0 cm³/mol. The Kier molecular flexibility index (Phi) is 3.32. The summed E-state index contributed by atoms with van der Waals surface area (Å²) in [6, 6.07) is 3.22. The third-order valence-electron chi connectivity index (χ3n) is 2.56. The monoisotopic (exact) mass is 267 g/mol. The van der Waals surface area contributed by atoms with Crippen LogP contribution in [0.5, 0.6) is 5.75 Å². The number of benzene rings is 1. The van der Waals surface area contributed by atoms with Crippen LogP contribution >= 0.6 is 0 Å². The van der Waals surface area contributed by atoms with Gasteiger partial charge in [0.25, 0.3) is 0 Å². The molecule has 8 heteroatoms. The number of cyclic esters (lactones) is 1. The second-order valence-corrected chi connectivity index (χ2v) is 3.81. The van der Waals surface area contributed by atoms with Crippen LogP contribution in [0.4, 0.5) is 5.69 Å². The van der Waals surface area contributed by atoms with Gasteiger partial charge in [0.2, 0.25) is 0 Å². The maximum Gasteiger partial charge on any atom is 0.347 e. The summed E-state index contributed by atoms with van der Waals surface area (Å²) in [5.41, 5.74) is -0.729. The second-order valence-electron chi connectivity index (χ2n) is 3.81. The summed E-state index contributed by atoms with van der Waals surface area (Å²) in [7, 11) is 0. The molecule has 1 aliphatic heterocycles. The number of carboxylic acid groups (broad SMARTS) is 1. The van der Waals surface area contributed by atoms with E-state index in [1.165, 1.54) is 6.07 Å². The fraction of sp³-hybridized carbons (Fsp3) is 0.273. The zero-order valence-electron chi connectivity index (χ0n) is 9.57. The van der Waals surface area contributed by atoms with Crippen molar-refractivity contribution in [2.45, 2.75) is 12.5 Å². The third kappa shape index (κ3) is 2.62. The van der Waals surface area contributed by atoms with Crippen molar-refractivity contribution in [2.75, 3.05) is 6.61 Å². The lowest BCUT2D eigenvalue weighted by Gasteiger charge is -2.10. The number of hydrogen-bond acceptors (Lipinski definition) is 6. The van der Waals surface area contributed by atoms with Crippen LogP contribution in [0.25, 0.3) is 0 Å². The van der Waals surface area contributed by atoms with E-state index in [0.717, 1.165) is 12.1 Å². The molecule has 1 aliphatic rings. The number of nitrogens with zero attached hydrogens (tertiary/aromatic N) is 1. The minimum absolute atomic E-state index is 0.154. The van der Waals surface area contributed by atoms with Gasteiger partial charge >= 0.3 is 17.6 Å². The van der Waals surface area contributed by atoms with E-state index in [9.17, 15) is 19.7 Å². The average molecular weight is 267 g/mol. The van der Waals surface area contributed by atoms with Gasteiger partial charge in [0.1, 0.15) is 0 Å². The number of carboxylic acids is 1. The number of nitro benzene ring substituents is 1. The molecule has 0 aliphatic carbocycles. The molecule has 19 heavy (non-hydrogen) atoms. The van der Waals surface area contributed by atoms with Crippen molar-refractivity contribution >= 4 is 17.6 Å². The Labute approximate surface area is 106 Å². The molecular weight excluding hydrogens is 258 g/mol. The van der Waals surface area contributed by atoms with E-state index in [1.54, 1.807) is 0 Å². The first-order valence-electron chi connectivity index (χ1n) is 5.34. The summed E-state index contributed by atoms with van der Waals surface area (Å²) < 4.78 is 9.88. The zero-order chi connectivity index (χ0) is 14.0. The van der Waals surface area contributed by atoms with Gasteiger partial charge in [0.15, 0.2) is 11.9 Å². The molecule has 1 heterocycles. The van der Waals surface area contributed by atoms with Crippen molar-refractivity contribution in [3.63, 3.8) is 0 Å². The number of nitro groups is 1. The van der Waals surface area contributed by atoms with E-state index in [1.807, 2.05) is 0 Å². The molecule has 1 fully saturated rings. The van der Waals surface area contributed by atoms with Gasteiger partial charge < -0.3 is 14.6 Å². The largest absolute Gasteiger partial charge is 0.478 e. The normalized spacial score (nSPS) is 17.9.